The number of carboxylic acid groups (broad SMARTS) is 2. The molecular formula is C100H177N5O44. The maximum atomic E-state index is 14.2. The van der Waals surface area contributed by atoms with E-state index in [2.05, 4.69) is 40.4 Å². The van der Waals surface area contributed by atoms with Crippen molar-refractivity contribution in [1.29, 1.82) is 0 Å². The zero-order chi connectivity index (χ0) is 110. The fourth-order valence-corrected chi connectivity index (χ4v) is 20.2. The minimum Gasteiger partial charge on any atom is -0.477 e. The van der Waals surface area contributed by atoms with E-state index in [4.69, 9.17) is 66.3 Å². The number of aliphatic carboxylic acids is 2. The molecule has 0 aliphatic carbocycles. The molecule has 149 heavy (non-hydrogen) atoms. The fraction of sp³-hybridized carbons (Fsp3) is 0.910. The molecule has 0 spiro atoms. The molecule has 0 aromatic heterocycles. The number of carbonyl (C=O) groups is 7. The van der Waals surface area contributed by atoms with Crippen LogP contribution in [0.5, 0.6) is 0 Å². The minimum absolute atomic E-state index is 0.0750. The predicted molar refractivity (Wildman–Crippen MR) is 521 cm³/mol. The Morgan fingerprint density at radius 1 is 0.349 bits per heavy atom. The van der Waals surface area contributed by atoms with E-state index >= 15 is 0 Å². The fourth-order valence-electron chi connectivity index (χ4n) is 20.2. The third-order valence-corrected chi connectivity index (χ3v) is 28.6. The smallest absolute Gasteiger partial charge is 0.364 e. The van der Waals surface area contributed by atoms with Gasteiger partial charge in [-0.25, -0.2) is 9.59 Å². The van der Waals surface area contributed by atoms with E-state index in [-0.39, 0.29) is 6.42 Å². The number of ether oxygens (including phenoxy) is 14. The highest BCUT2D eigenvalue weighted by Gasteiger charge is 2.65. The van der Waals surface area contributed by atoms with Crippen LogP contribution in [0.1, 0.15) is 286 Å². The van der Waals surface area contributed by atoms with Crippen molar-refractivity contribution in [3.05, 3.63) is 12.2 Å². The molecule has 39 atom stereocenters. The van der Waals surface area contributed by atoms with Gasteiger partial charge >= 0.3 is 11.9 Å². The van der Waals surface area contributed by atoms with Crippen LogP contribution in [0.2, 0.25) is 0 Å². The Balaban J connectivity index is 1.17. The van der Waals surface area contributed by atoms with Crippen LogP contribution in [0.4, 0.5) is 0 Å². The average Bonchev–Trinajstić information content (AvgIpc) is 0.744. The third kappa shape index (κ3) is 39.4. The molecule has 0 saturated carbocycles. The first-order valence-electron chi connectivity index (χ1n) is 53.7. The second-order valence-electron chi connectivity index (χ2n) is 40.6. The summed E-state index contributed by atoms with van der Waals surface area (Å²) in [6.07, 6.45) is -32.5. The summed E-state index contributed by atoms with van der Waals surface area (Å²) in [7, 11) is 0. The second kappa shape index (κ2) is 67.7. The van der Waals surface area contributed by atoms with E-state index < -0.39 is 345 Å². The van der Waals surface area contributed by atoms with Crippen LogP contribution in [0.3, 0.4) is 0 Å². The number of hydrogen-bond acceptors (Lipinski definition) is 42. The summed E-state index contributed by atoms with van der Waals surface area (Å²) < 4.78 is 86.1. The first-order chi connectivity index (χ1) is 71.2. The van der Waals surface area contributed by atoms with Gasteiger partial charge in [-0.3, -0.25) is 24.0 Å². The van der Waals surface area contributed by atoms with Crippen molar-refractivity contribution in [3.8, 4) is 0 Å². The molecule has 7 aliphatic rings. The largest absolute Gasteiger partial charge is 0.477 e. The van der Waals surface area contributed by atoms with Crippen LogP contribution in [0.25, 0.3) is 0 Å². The Morgan fingerprint density at radius 3 is 1.04 bits per heavy atom. The van der Waals surface area contributed by atoms with Gasteiger partial charge in [0.25, 0.3) is 11.6 Å². The Kier molecular flexibility index (Phi) is 59.3. The summed E-state index contributed by atoms with van der Waals surface area (Å²) in [4.78, 5) is 94.1. The van der Waals surface area contributed by atoms with Crippen molar-refractivity contribution in [1.82, 2.24) is 26.6 Å². The Labute approximate surface area is 870 Å². The lowest BCUT2D eigenvalue weighted by atomic mass is 9.88. The maximum Gasteiger partial charge on any atom is 0.364 e. The van der Waals surface area contributed by atoms with Crippen LogP contribution in [-0.2, 0) is 99.9 Å². The van der Waals surface area contributed by atoms with Gasteiger partial charge in [-0.05, 0) is 19.3 Å². The Hall–Kier alpha value is -5.37. The summed E-state index contributed by atoms with van der Waals surface area (Å²) in [5.41, 5.74) is 0. The van der Waals surface area contributed by atoms with Crippen molar-refractivity contribution in [2.45, 2.75) is 524 Å². The van der Waals surface area contributed by atoms with E-state index in [1.54, 1.807) is 6.08 Å². The first-order valence-corrected chi connectivity index (χ1v) is 53.7. The number of hydrogen-bond donors (Lipinski definition) is 28. The van der Waals surface area contributed by atoms with Crippen molar-refractivity contribution in [2.24, 2.45) is 0 Å². The molecule has 866 valence electrons. The minimum atomic E-state index is -3.56. The molecule has 0 aromatic rings. The van der Waals surface area contributed by atoms with Crippen LogP contribution in [0, 0.1) is 0 Å². The molecule has 5 amide bonds. The van der Waals surface area contributed by atoms with Gasteiger partial charge < -0.3 is 210 Å². The van der Waals surface area contributed by atoms with Crippen molar-refractivity contribution in [2.75, 3.05) is 52.9 Å². The lowest BCUT2D eigenvalue weighted by molar-refractivity contribution is -0.408. The highest BCUT2D eigenvalue weighted by molar-refractivity contribution is 5.78. The second-order valence-corrected chi connectivity index (χ2v) is 40.6. The summed E-state index contributed by atoms with van der Waals surface area (Å²) in [5, 5.41) is 276. The van der Waals surface area contributed by atoms with Crippen LogP contribution >= 0.6 is 0 Å². The molecular weight excluding hydrogens is 1980 g/mol. The van der Waals surface area contributed by atoms with Gasteiger partial charge in [-0.2, -0.15) is 0 Å². The zero-order valence-electron chi connectivity index (χ0n) is 86.9. The molecule has 0 bridgehead atoms. The van der Waals surface area contributed by atoms with Crippen molar-refractivity contribution >= 4 is 41.5 Å². The number of rotatable bonds is 71. The molecule has 7 heterocycles. The van der Waals surface area contributed by atoms with Gasteiger partial charge in [0.05, 0.1) is 89.3 Å². The average molecular weight is 2150 g/mol. The SMILES string of the molecule is CCCCCCCCCCCCC/C=C/[C@@H](O)[C@H](CO[C@@H]1OC(CO)[C@@H](O[C@@H]2OC(CO)[C@H](O[C@@H]3OC(CO)[C@H](O)[C@H](O[C@@H]4OC(CO)[C@H](O[C@@H]5OC(CO)[C@H](O)[C@H](O)C5NC(C)=O)[C@H](O[C@]5(C(=O)O)CC(O)[C@@H](NC(C)=O)C([C@H](O)[C@H](O)CO)O5)C4O)C3NC(C)=O)[C@H](O[C@]3(C(=O)O)CC(O)[C@@H](NC(C)=O)C([C@H](O)[C@H](O)CO)O3)C2O)[C@H](O)C1O)NC(=O)CCCCCCCCCCCCCCCCCCCCCCCCC. The summed E-state index contributed by atoms with van der Waals surface area (Å²) >= 11 is 0. The van der Waals surface area contributed by atoms with Crippen molar-refractivity contribution < 1.29 is 217 Å². The molecule has 0 radical (unpaired) electrons. The van der Waals surface area contributed by atoms with Gasteiger partial charge in [-0.15, -0.1) is 0 Å². The molecule has 28 N–H and O–H groups in total. The Morgan fingerprint density at radius 2 is 0.671 bits per heavy atom. The van der Waals surface area contributed by atoms with E-state index in [0.29, 0.717) is 12.8 Å². The predicted octanol–water partition coefficient (Wildman–Crippen LogP) is -2.78. The number of nitrogens with one attached hydrogen (secondary N) is 5. The van der Waals surface area contributed by atoms with Gasteiger partial charge in [0.1, 0.15) is 159 Å². The van der Waals surface area contributed by atoms with E-state index in [9.17, 15) is 151 Å². The molecule has 0 aromatic carbocycles. The third-order valence-electron chi connectivity index (χ3n) is 28.6. The quantitative estimate of drug-likeness (QED) is 0.0216. The molecule has 7 aliphatic heterocycles. The molecule has 49 nitrogen and oxygen atoms in total. The molecule has 49 heteroatoms. The maximum absolute atomic E-state index is 14.2. The summed E-state index contributed by atoms with van der Waals surface area (Å²) in [5.74, 6) is -16.0. The number of aliphatic hydroxyl groups is 21. The highest BCUT2D eigenvalue weighted by Crippen LogP contribution is 2.45. The standard InChI is InChI=1S/C100H177N5O44/c1-7-9-11-13-15-17-19-21-22-23-24-25-26-27-28-29-30-32-34-36-38-40-42-44-70(122)105-59(60(117)43-41-39-37-35-33-31-20-18-16-14-12-10-8-2)54-136-94-81(129)80(128)84(67(51-110)139-94)142-95-82(130)90(148-99(97(132)133)45-61(118)71(101-55(3)113)88(146-99)75(123)63(120)47-106)86(69(53-112)140-95)144-93-74(104-58(6)116)87(78(126)66(50-109)138-93)145-96-83(131)91(85(68(52-111)141-96)143-92-73(103-57(5)115)79(127)77(125)65(49-108)137-92)149-100(98(134)135)46-62(119)72(102-56(4)114)89(147-100)76(124)64(121)48-107/h41,43,59-69,71-96,106-112,117-121,123-131H,7-40,42,44-54H2,1-6H3,(H,101,113)(H,102,114)(H,103,115)(H,104,116)(H,105,122)(H,132,133)(H,134,135)/b43-41+/t59-,60+,61?,62?,63+,64+,65?,66?,67?,68?,69?,71+,72+,73?,74?,75+,76+,77-,78-,79+,80+,81?,82?,83?,84+,85-,86-,87+,88?,89?,90+,91+,92-,93-,94+,95-,96-,99-,100-/m0/s1. The van der Waals surface area contributed by atoms with Gasteiger partial charge in [0, 0.05) is 47.0 Å². The molecule has 7 saturated heterocycles. The van der Waals surface area contributed by atoms with Gasteiger partial charge in [0.2, 0.25) is 29.5 Å². The van der Waals surface area contributed by atoms with Gasteiger partial charge in [-0.1, -0.05) is 231 Å². The molecule has 14 unspecified atom stereocenters. The number of allylic oxidation sites excluding steroid dienone is 1. The van der Waals surface area contributed by atoms with Crippen LogP contribution in [-0.4, -0.2) is 450 Å². The zero-order valence-corrected chi connectivity index (χ0v) is 86.9. The van der Waals surface area contributed by atoms with Crippen LogP contribution in [0.15, 0.2) is 12.2 Å². The van der Waals surface area contributed by atoms with E-state index in [1.807, 2.05) is 0 Å². The van der Waals surface area contributed by atoms with Crippen molar-refractivity contribution in [3.63, 3.8) is 0 Å². The summed E-state index contributed by atoms with van der Waals surface area (Å²) in [6.45, 7) is -1.52. The lowest BCUT2D eigenvalue weighted by Crippen LogP contribution is -2.73. The highest BCUT2D eigenvalue weighted by atomic mass is 16.8. The first kappa shape index (κ1) is 131. The summed E-state index contributed by atoms with van der Waals surface area (Å²) in [6, 6.07) is -9.18. The van der Waals surface area contributed by atoms with E-state index in [1.165, 1.54) is 154 Å². The number of aliphatic hydroxyl groups excluding tert-OH is 21. The number of amides is 5. The lowest BCUT2D eigenvalue weighted by Gasteiger charge is -2.53. The van der Waals surface area contributed by atoms with E-state index in [0.717, 1.165) is 91.9 Å². The Bertz CT molecular complexity index is 3830. The monoisotopic (exact) mass is 2150 g/mol. The van der Waals surface area contributed by atoms with Gasteiger partial charge in [0.15, 0.2) is 31.5 Å². The molecule has 7 rings (SSSR count). The number of carbonyl (C=O) groups excluding carboxylic acids is 5. The topological polar surface area (TPSA) is 774 Å². The molecule has 7 fully saturated rings. The number of carboxylic acids is 2. The number of unbranched alkanes of at least 4 members (excludes halogenated alkanes) is 33. The normalized spacial score (nSPS) is 34.8. The van der Waals surface area contributed by atoms with Crippen LogP contribution < -0.4 is 26.6 Å².